The van der Waals surface area contributed by atoms with Crippen LogP contribution >= 0.6 is 0 Å². The van der Waals surface area contributed by atoms with Gasteiger partial charge in [0.2, 0.25) is 0 Å². The molecule has 0 aliphatic rings. The monoisotopic (exact) mass is 207 g/mol. The zero-order valence-corrected chi connectivity index (χ0v) is 8.14. The number of rotatable bonds is 2. The van der Waals surface area contributed by atoms with Gasteiger partial charge < -0.3 is 9.67 Å². The molecule has 0 aliphatic carbocycles. The van der Waals surface area contributed by atoms with Crippen molar-refractivity contribution >= 4 is 16.9 Å². The third-order valence-electron chi connectivity index (χ3n) is 2.32. The molecule has 78 valence electrons. The number of aromatic nitrogens is 1. The Morgan fingerprint density at radius 3 is 2.87 bits per heavy atom. The Morgan fingerprint density at radius 1 is 1.47 bits per heavy atom. The van der Waals surface area contributed by atoms with E-state index in [1.807, 2.05) is 19.1 Å². The van der Waals surface area contributed by atoms with Crippen LogP contribution in [0.2, 0.25) is 0 Å². The van der Waals surface area contributed by atoms with E-state index < -0.39 is 12.3 Å². The topological polar surface area (TPSA) is 42.2 Å². The highest BCUT2D eigenvalue weighted by atomic mass is 19.1. The average molecular weight is 207 g/mol. The van der Waals surface area contributed by atoms with Crippen LogP contribution in [-0.4, -0.2) is 15.6 Å². The number of carbonyl (C=O) groups is 1. The molecule has 1 aromatic carbocycles. The number of benzene rings is 1. The first-order valence-electron chi connectivity index (χ1n) is 4.53. The van der Waals surface area contributed by atoms with Gasteiger partial charge in [-0.2, -0.15) is 0 Å². The highest BCUT2D eigenvalue weighted by molar-refractivity contribution is 5.83. The fourth-order valence-corrected chi connectivity index (χ4v) is 1.60. The molecule has 1 N–H and O–H groups in total. The van der Waals surface area contributed by atoms with Crippen LogP contribution in [0.4, 0.5) is 4.39 Å². The molecule has 0 radical (unpaired) electrons. The van der Waals surface area contributed by atoms with Crippen LogP contribution in [-0.2, 0) is 4.79 Å². The van der Waals surface area contributed by atoms with Crippen molar-refractivity contribution in [1.29, 1.82) is 0 Å². The van der Waals surface area contributed by atoms with Crippen LogP contribution in [0.3, 0.4) is 0 Å². The minimum Gasteiger partial charge on any atom is -0.478 e. The summed E-state index contributed by atoms with van der Waals surface area (Å²) < 4.78 is 14.4. The summed E-state index contributed by atoms with van der Waals surface area (Å²) in [6.45, 7) is 1.93. The number of halogens is 1. The van der Waals surface area contributed by atoms with E-state index in [0.29, 0.717) is 5.52 Å². The van der Waals surface area contributed by atoms with E-state index in [1.54, 1.807) is 12.1 Å². The highest BCUT2D eigenvalue weighted by Crippen LogP contribution is 2.22. The molecule has 1 heterocycles. The van der Waals surface area contributed by atoms with Crippen LogP contribution in [0.15, 0.2) is 30.5 Å². The smallest absolute Gasteiger partial charge is 0.359 e. The number of aliphatic carboxylic acids is 1. The van der Waals surface area contributed by atoms with Crippen LogP contribution in [0.5, 0.6) is 0 Å². The van der Waals surface area contributed by atoms with Gasteiger partial charge in [-0.25, -0.2) is 9.18 Å². The fourth-order valence-electron chi connectivity index (χ4n) is 1.60. The normalized spacial score (nSPS) is 12.9. The van der Waals surface area contributed by atoms with Crippen LogP contribution in [0.25, 0.3) is 10.9 Å². The molecule has 0 amide bonds. The lowest BCUT2D eigenvalue weighted by Gasteiger charge is -2.06. The molecule has 0 aliphatic heterocycles. The number of carboxylic acids is 1. The lowest BCUT2D eigenvalue weighted by molar-refractivity contribution is -0.146. The van der Waals surface area contributed by atoms with E-state index in [2.05, 4.69) is 0 Å². The Kier molecular flexibility index (Phi) is 2.19. The second kappa shape index (κ2) is 3.38. The quantitative estimate of drug-likeness (QED) is 0.822. The van der Waals surface area contributed by atoms with E-state index in [-0.39, 0.29) is 0 Å². The van der Waals surface area contributed by atoms with E-state index in [9.17, 15) is 9.18 Å². The van der Waals surface area contributed by atoms with Gasteiger partial charge in [0.1, 0.15) is 0 Å². The maximum Gasteiger partial charge on any atom is 0.359 e. The van der Waals surface area contributed by atoms with Crippen molar-refractivity contribution in [3.05, 3.63) is 36.0 Å². The lowest BCUT2D eigenvalue weighted by atomic mass is 10.2. The molecule has 2 aromatic rings. The average Bonchev–Trinajstić information content (AvgIpc) is 2.59. The third-order valence-corrected chi connectivity index (χ3v) is 2.32. The molecular weight excluding hydrogens is 197 g/mol. The number of hydrogen-bond donors (Lipinski definition) is 1. The summed E-state index contributed by atoms with van der Waals surface area (Å²) in [4.78, 5) is 10.5. The largest absolute Gasteiger partial charge is 0.478 e. The van der Waals surface area contributed by atoms with E-state index in [1.165, 1.54) is 6.20 Å². The molecule has 2 rings (SSSR count). The van der Waals surface area contributed by atoms with Gasteiger partial charge in [0.05, 0.1) is 5.52 Å². The van der Waals surface area contributed by atoms with Gasteiger partial charge in [-0.05, 0) is 30.5 Å². The molecule has 1 atom stereocenters. The molecule has 1 unspecified atom stereocenters. The second-order valence-corrected chi connectivity index (χ2v) is 3.46. The van der Waals surface area contributed by atoms with Gasteiger partial charge in [0.25, 0.3) is 6.30 Å². The van der Waals surface area contributed by atoms with E-state index in [4.69, 9.17) is 5.11 Å². The van der Waals surface area contributed by atoms with Crippen LogP contribution in [0.1, 0.15) is 11.9 Å². The Bertz CT molecular complexity index is 518. The Hall–Kier alpha value is -1.84. The highest BCUT2D eigenvalue weighted by Gasteiger charge is 2.18. The Labute approximate surface area is 85.7 Å². The number of nitrogens with zero attached hydrogens (tertiary/aromatic N) is 1. The summed E-state index contributed by atoms with van der Waals surface area (Å²) in [5, 5.41) is 9.42. The van der Waals surface area contributed by atoms with Crippen molar-refractivity contribution in [2.24, 2.45) is 0 Å². The molecule has 3 nitrogen and oxygen atoms in total. The van der Waals surface area contributed by atoms with E-state index >= 15 is 0 Å². The van der Waals surface area contributed by atoms with Crippen molar-refractivity contribution in [2.45, 2.75) is 13.2 Å². The van der Waals surface area contributed by atoms with Crippen molar-refractivity contribution in [1.82, 2.24) is 4.57 Å². The minimum atomic E-state index is -2.02. The number of carboxylic acid groups (broad SMARTS) is 1. The van der Waals surface area contributed by atoms with Crippen molar-refractivity contribution < 1.29 is 14.3 Å². The molecular formula is C11H10FNO2. The van der Waals surface area contributed by atoms with Crippen molar-refractivity contribution in [3.63, 3.8) is 0 Å². The Balaban J connectivity index is 2.59. The molecule has 1 aromatic heterocycles. The maximum atomic E-state index is 13.3. The third kappa shape index (κ3) is 1.58. The molecule has 0 spiro atoms. The lowest BCUT2D eigenvalue weighted by Crippen LogP contribution is -2.12. The molecule has 0 fully saturated rings. The first-order chi connectivity index (χ1) is 7.09. The first kappa shape index (κ1) is 9.71. The summed E-state index contributed by atoms with van der Waals surface area (Å²) in [7, 11) is 0. The predicted molar refractivity (Wildman–Crippen MR) is 54.5 cm³/mol. The van der Waals surface area contributed by atoms with Crippen molar-refractivity contribution in [3.8, 4) is 0 Å². The van der Waals surface area contributed by atoms with Gasteiger partial charge in [-0.1, -0.05) is 11.6 Å². The van der Waals surface area contributed by atoms with Gasteiger partial charge in [-0.15, -0.1) is 0 Å². The molecule has 4 heteroatoms. The van der Waals surface area contributed by atoms with Crippen molar-refractivity contribution in [2.75, 3.05) is 0 Å². The SMILES string of the molecule is Cc1ccc2c(ccn2C(F)C(=O)O)c1. The van der Waals surface area contributed by atoms with Crippen LogP contribution < -0.4 is 0 Å². The minimum absolute atomic E-state index is 0.593. The van der Waals surface area contributed by atoms with Crippen LogP contribution in [0, 0.1) is 6.92 Å². The summed E-state index contributed by atoms with van der Waals surface area (Å²) >= 11 is 0. The fraction of sp³-hybridized carbons (Fsp3) is 0.182. The molecule has 15 heavy (non-hydrogen) atoms. The predicted octanol–water partition coefficient (Wildman–Crippen LogP) is 2.50. The van der Waals surface area contributed by atoms with E-state index in [0.717, 1.165) is 15.5 Å². The standard InChI is InChI=1S/C11H10FNO2/c1-7-2-3-9-8(6-7)4-5-13(9)10(12)11(14)15/h2-6,10H,1H3,(H,14,15). The summed E-state index contributed by atoms with van der Waals surface area (Å²) in [5.74, 6) is -1.48. The number of fused-ring (bicyclic) bond motifs is 1. The zero-order valence-electron chi connectivity index (χ0n) is 8.14. The summed E-state index contributed by atoms with van der Waals surface area (Å²) in [6.07, 6.45) is -0.576. The number of alkyl halides is 1. The number of hydrogen-bond acceptors (Lipinski definition) is 1. The summed E-state index contributed by atoms with van der Waals surface area (Å²) in [6, 6.07) is 7.14. The van der Waals surface area contributed by atoms with Gasteiger partial charge in [0.15, 0.2) is 0 Å². The summed E-state index contributed by atoms with van der Waals surface area (Å²) in [5.41, 5.74) is 1.65. The molecule has 0 saturated heterocycles. The van der Waals surface area contributed by atoms with Gasteiger partial charge >= 0.3 is 5.97 Å². The second-order valence-electron chi connectivity index (χ2n) is 3.46. The zero-order chi connectivity index (χ0) is 11.0. The molecule has 0 bridgehead atoms. The van der Waals surface area contributed by atoms with Gasteiger partial charge in [-0.3, -0.25) is 0 Å². The number of aryl methyl sites for hydroxylation is 1. The first-order valence-corrected chi connectivity index (χ1v) is 4.53. The molecule has 0 saturated carbocycles. The Morgan fingerprint density at radius 2 is 2.20 bits per heavy atom. The maximum absolute atomic E-state index is 13.3. The van der Waals surface area contributed by atoms with Gasteiger partial charge in [0, 0.05) is 6.20 Å².